The summed E-state index contributed by atoms with van der Waals surface area (Å²) in [5.74, 6) is -0.398. The summed E-state index contributed by atoms with van der Waals surface area (Å²) in [6, 6.07) is 18.9. The van der Waals surface area contributed by atoms with E-state index in [0.717, 1.165) is 17.7 Å². The Morgan fingerprint density at radius 3 is 2.41 bits per heavy atom. The van der Waals surface area contributed by atoms with Crippen molar-refractivity contribution in [1.82, 2.24) is 4.57 Å². The van der Waals surface area contributed by atoms with Gasteiger partial charge in [-0.3, -0.25) is 0 Å². The largest absolute Gasteiger partial charge is 0.461 e. The quantitative estimate of drug-likeness (QED) is 0.547. The molecule has 1 aromatic heterocycles. The number of nitriles is 1. The first-order valence-electron chi connectivity index (χ1n) is 9.93. The molecule has 29 heavy (non-hydrogen) atoms. The molecule has 0 N–H and O–H groups in total. The second-order valence-corrected chi connectivity index (χ2v) is 7.15. The number of hydrogen-bond donors (Lipinski definition) is 0. The lowest BCUT2D eigenvalue weighted by Gasteiger charge is -2.09. The van der Waals surface area contributed by atoms with Gasteiger partial charge in [0, 0.05) is 18.3 Å². The van der Waals surface area contributed by atoms with Gasteiger partial charge >= 0.3 is 5.97 Å². The zero-order chi connectivity index (χ0) is 21.0. The number of carbonyl (C=O) groups excluding carboxylic acids is 1. The Balaban J connectivity index is 2.03. The molecule has 0 unspecified atom stereocenters. The summed E-state index contributed by atoms with van der Waals surface area (Å²) in [7, 11) is 1.82. The van der Waals surface area contributed by atoms with E-state index in [1.807, 2.05) is 26.1 Å². The van der Waals surface area contributed by atoms with Crippen molar-refractivity contribution >= 4 is 5.97 Å². The van der Waals surface area contributed by atoms with Gasteiger partial charge in [-0.15, -0.1) is 0 Å². The molecular formula is C25H26N2O2. The van der Waals surface area contributed by atoms with Crippen LogP contribution in [0.4, 0.5) is 0 Å². The predicted octanol–water partition coefficient (Wildman–Crippen LogP) is 5.20. The van der Waals surface area contributed by atoms with Gasteiger partial charge in [-0.1, -0.05) is 61.0 Å². The van der Waals surface area contributed by atoms with Crippen molar-refractivity contribution in [3.63, 3.8) is 0 Å². The second-order valence-electron chi connectivity index (χ2n) is 7.15. The van der Waals surface area contributed by atoms with Crippen molar-refractivity contribution in [3.05, 3.63) is 82.2 Å². The van der Waals surface area contributed by atoms with Crippen molar-refractivity contribution in [2.75, 3.05) is 6.61 Å². The van der Waals surface area contributed by atoms with E-state index in [4.69, 9.17) is 4.74 Å². The van der Waals surface area contributed by atoms with Crippen LogP contribution in [0, 0.1) is 18.3 Å². The Morgan fingerprint density at radius 2 is 1.83 bits per heavy atom. The highest BCUT2D eigenvalue weighted by atomic mass is 16.5. The fourth-order valence-corrected chi connectivity index (χ4v) is 3.83. The first-order chi connectivity index (χ1) is 14.0. The van der Waals surface area contributed by atoms with E-state index in [0.29, 0.717) is 29.8 Å². The van der Waals surface area contributed by atoms with E-state index in [9.17, 15) is 10.1 Å². The first-order valence-corrected chi connectivity index (χ1v) is 9.93. The molecule has 0 aliphatic rings. The summed E-state index contributed by atoms with van der Waals surface area (Å²) in [4.78, 5) is 12.6. The molecule has 3 aromatic rings. The predicted molar refractivity (Wildman–Crippen MR) is 115 cm³/mol. The monoisotopic (exact) mass is 386 g/mol. The molecule has 0 atom stereocenters. The Bertz CT molecular complexity index is 1070. The molecule has 2 aromatic carbocycles. The number of hydrogen-bond acceptors (Lipinski definition) is 3. The maximum Gasteiger partial charge on any atom is 0.355 e. The molecule has 4 heteroatoms. The number of aryl methyl sites for hydroxylation is 1. The van der Waals surface area contributed by atoms with Crippen molar-refractivity contribution in [2.45, 2.75) is 33.6 Å². The van der Waals surface area contributed by atoms with Crippen LogP contribution in [0.25, 0.3) is 11.1 Å². The van der Waals surface area contributed by atoms with Crippen LogP contribution in [-0.2, 0) is 24.6 Å². The zero-order valence-corrected chi connectivity index (χ0v) is 17.5. The molecule has 0 spiro atoms. The molecular weight excluding hydrogens is 360 g/mol. The topological polar surface area (TPSA) is 55.0 Å². The zero-order valence-electron chi connectivity index (χ0n) is 17.5. The van der Waals surface area contributed by atoms with Gasteiger partial charge in [0.1, 0.15) is 11.8 Å². The fourth-order valence-electron chi connectivity index (χ4n) is 3.83. The van der Waals surface area contributed by atoms with Gasteiger partial charge in [-0.25, -0.2) is 4.79 Å². The van der Waals surface area contributed by atoms with E-state index >= 15 is 0 Å². The molecule has 4 nitrogen and oxygen atoms in total. The smallest absolute Gasteiger partial charge is 0.355 e. The van der Waals surface area contributed by atoms with Gasteiger partial charge in [0.25, 0.3) is 0 Å². The summed E-state index contributed by atoms with van der Waals surface area (Å²) in [6.07, 6.45) is 1.50. The van der Waals surface area contributed by atoms with Crippen LogP contribution in [-0.4, -0.2) is 17.1 Å². The average Bonchev–Trinajstić information content (AvgIpc) is 3.00. The minimum atomic E-state index is -0.398. The number of nitrogens with zero attached hydrogens (tertiary/aromatic N) is 2. The van der Waals surface area contributed by atoms with Crippen LogP contribution in [0.15, 0.2) is 48.5 Å². The minimum Gasteiger partial charge on any atom is -0.461 e. The molecule has 0 aliphatic carbocycles. The summed E-state index contributed by atoms with van der Waals surface area (Å²) in [5.41, 5.74) is 7.02. The van der Waals surface area contributed by atoms with Crippen LogP contribution < -0.4 is 0 Å². The average molecular weight is 386 g/mol. The summed E-state index contributed by atoms with van der Waals surface area (Å²) in [6.45, 7) is 6.16. The number of carbonyl (C=O) groups is 1. The highest BCUT2D eigenvalue weighted by Gasteiger charge is 2.26. The maximum absolute atomic E-state index is 12.6. The molecule has 0 bridgehead atoms. The third kappa shape index (κ3) is 4.09. The number of aromatic nitrogens is 1. The van der Waals surface area contributed by atoms with E-state index in [-0.39, 0.29) is 0 Å². The van der Waals surface area contributed by atoms with Gasteiger partial charge in [-0.2, -0.15) is 5.26 Å². The summed E-state index contributed by atoms with van der Waals surface area (Å²) >= 11 is 0. The van der Waals surface area contributed by atoms with Crippen LogP contribution in [0.2, 0.25) is 0 Å². The Kier molecular flexibility index (Phi) is 6.19. The highest BCUT2D eigenvalue weighted by molar-refractivity contribution is 5.98. The van der Waals surface area contributed by atoms with Gasteiger partial charge < -0.3 is 9.30 Å². The Hall–Kier alpha value is -3.32. The van der Waals surface area contributed by atoms with E-state index in [1.165, 1.54) is 16.7 Å². The van der Waals surface area contributed by atoms with Crippen LogP contribution >= 0.6 is 0 Å². The maximum atomic E-state index is 12.6. The van der Waals surface area contributed by atoms with Crippen molar-refractivity contribution in [1.29, 1.82) is 5.26 Å². The van der Waals surface area contributed by atoms with Crippen LogP contribution in [0.1, 0.15) is 52.3 Å². The molecule has 1 heterocycles. The number of benzene rings is 2. The van der Waals surface area contributed by atoms with Gasteiger partial charge in [0.05, 0.1) is 12.2 Å². The third-order valence-electron chi connectivity index (χ3n) is 5.16. The lowest BCUT2D eigenvalue weighted by atomic mass is 9.97. The van der Waals surface area contributed by atoms with E-state index < -0.39 is 5.97 Å². The molecule has 3 rings (SSSR count). The van der Waals surface area contributed by atoms with Crippen molar-refractivity contribution in [2.24, 2.45) is 7.05 Å². The Morgan fingerprint density at radius 1 is 1.10 bits per heavy atom. The van der Waals surface area contributed by atoms with Crippen molar-refractivity contribution in [3.8, 4) is 17.2 Å². The lowest BCUT2D eigenvalue weighted by Crippen LogP contribution is -2.12. The lowest BCUT2D eigenvalue weighted by molar-refractivity contribution is 0.0516. The van der Waals surface area contributed by atoms with Crippen molar-refractivity contribution < 1.29 is 9.53 Å². The molecule has 0 amide bonds. The molecule has 0 aliphatic heterocycles. The molecule has 0 saturated heterocycles. The van der Waals surface area contributed by atoms with Crippen LogP contribution in [0.5, 0.6) is 0 Å². The van der Waals surface area contributed by atoms with Gasteiger partial charge in [0.15, 0.2) is 0 Å². The molecule has 148 valence electrons. The van der Waals surface area contributed by atoms with E-state index in [2.05, 4.69) is 49.4 Å². The number of esters is 1. The van der Waals surface area contributed by atoms with Gasteiger partial charge in [0.2, 0.25) is 0 Å². The number of ether oxygens (including phenoxy) is 1. The third-order valence-corrected chi connectivity index (χ3v) is 5.16. The SMILES string of the molecule is CCOC(=O)c1c(-c2ccc(Cc3cccc(C)c3)cc2)c(C#N)c(CC)n1C. The standard InChI is InChI=1S/C25H26N2O2/c1-5-22-21(16-26)23(24(27(22)4)25(28)29-6-2)20-12-10-18(11-13-20)15-19-9-7-8-17(3)14-19/h7-14H,5-6,15H2,1-4H3. The number of rotatable bonds is 6. The second kappa shape index (κ2) is 8.79. The van der Waals surface area contributed by atoms with E-state index in [1.54, 1.807) is 11.5 Å². The highest BCUT2D eigenvalue weighted by Crippen LogP contribution is 2.33. The molecule has 0 fully saturated rings. The molecule has 0 radical (unpaired) electrons. The molecule has 0 saturated carbocycles. The Labute approximate surface area is 172 Å². The fraction of sp³-hybridized carbons (Fsp3) is 0.280. The summed E-state index contributed by atoms with van der Waals surface area (Å²) in [5, 5.41) is 9.80. The summed E-state index contributed by atoms with van der Waals surface area (Å²) < 4.78 is 7.07. The normalized spacial score (nSPS) is 10.6. The van der Waals surface area contributed by atoms with Crippen LogP contribution in [0.3, 0.4) is 0 Å². The van der Waals surface area contributed by atoms with Gasteiger partial charge in [-0.05, 0) is 43.4 Å². The first kappa shape index (κ1) is 20.4. The minimum absolute atomic E-state index is 0.294.